The van der Waals surface area contributed by atoms with Gasteiger partial charge in [0.05, 0.1) is 5.56 Å². The fraction of sp³-hybridized carbons (Fsp3) is 0.562. The molecule has 136 valence electrons. The summed E-state index contributed by atoms with van der Waals surface area (Å²) in [6.45, 7) is 1.92. The molecule has 0 radical (unpaired) electrons. The van der Waals surface area contributed by atoms with Gasteiger partial charge >= 0.3 is 6.18 Å². The Labute approximate surface area is 145 Å². The molecular formula is C16H22ClF3N2O2. The third kappa shape index (κ3) is 5.01. The van der Waals surface area contributed by atoms with Crippen molar-refractivity contribution in [3.63, 3.8) is 0 Å². The lowest BCUT2D eigenvalue weighted by Crippen LogP contribution is -2.45. The van der Waals surface area contributed by atoms with Crippen LogP contribution in [0.3, 0.4) is 0 Å². The number of rotatable bonds is 5. The Kier molecular flexibility index (Phi) is 7.35. The molecule has 0 spiro atoms. The molecule has 1 fully saturated rings. The molecule has 24 heavy (non-hydrogen) atoms. The first-order valence-electron chi connectivity index (χ1n) is 7.66. The summed E-state index contributed by atoms with van der Waals surface area (Å²) in [6, 6.07) is 4.84. The van der Waals surface area contributed by atoms with E-state index in [1.54, 1.807) is 0 Å². The molecule has 1 aromatic rings. The van der Waals surface area contributed by atoms with Crippen molar-refractivity contribution in [2.75, 3.05) is 6.54 Å². The maximum Gasteiger partial charge on any atom is 0.419 e. The number of carbonyl (C=O) groups is 1. The van der Waals surface area contributed by atoms with Crippen LogP contribution in [0.2, 0.25) is 0 Å². The molecule has 0 saturated heterocycles. The maximum atomic E-state index is 12.9. The molecule has 8 heteroatoms. The Bertz CT molecular complexity index is 554. The van der Waals surface area contributed by atoms with E-state index in [2.05, 4.69) is 5.32 Å². The molecule has 3 atom stereocenters. The number of hydrogen-bond acceptors (Lipinski definition) is 3. The van der Waals surface area contributed by atoms with E-state index in [-0.39, 0.29) is 30.1 Å². The van der Waals surface area contributed by atoms with Crippen molar-refractivity contribution in [3.8, 4) is 5.75 Å². The van der Waals surface area contributed by atoms with E-state index >= 15 is 0 Å². The highest BCUT2D eigenvalue weighted by molar-refractivity contribution is 5.85. The van der Waals surface area contributed by atoms with Gasteiger partial charge in [0.1, 0.15) is 5.75 Å². The summed E-state index contributed by atoms with van der Waals surface area (Å²) in [5.74, 6) is -0.551. The zero-order chi connectivity index (χ0) is 17.0. The van der Waals surface area contributed by atoms with E-state index in [1.165, 1.54) is 25.1 Å². The summed E-state index contributed by atoms with van der Waals surface area (Å²) in [5, 5.41) is 2.83. The van der Waals surface area contributed by atoms with Crippen molar-refractivity contribution in [1.29, 1.82) is 0 Å². The lowest BCUT2D eigenvalue weighted by atomic mass is 10.0. The molecule has 1 aromatic carbocycles. The molecule has 0 bridgehead atoms. The molecule has 1 aliphatic carbocycles. The molecule has 0 aliphatic heterocycles. The van der Waals surface area contributed by atoms with E-state index in [0.717, 1.165) is 25.3 Å². The average Bonchev–Trinajstić information content (AvgIpc) is 2.93. The predicted octanol–water partition coefficient (Wildman–Crippen LogP) is 3.14. The summed E-state index contributed by atoms with van der Waals surface area (Å²) in [5.41, 5.74) is 4.77. The first-order valence-corrected chi connectivity index (χ1v) is 7.66. The van der Waals surface area contributed by atoms with Gasteiger partial charge in [-0.3, -0.25) is 4.79 Å². The van der Waals surface area contributed by atoms with Crippen molar-refractivity contribution in [1.82, 2.24) is 5.32 Å². The van der Waals surface area contributed by atoms with Crippen molar-refractivity contribution >= 4 is 18.3 Å². The maximum absolute atomic E-state index is 12.9. The number of hydrogen-bond donors (Lipinski definition) is 2. The first-order chi connectivity index (χ1) is 10.8. The topological polar surface area (TPSA) is 64.3 Å². The number of nitrogens with two attached hydrogens (primary N) is 1. The summed E-state index contributed by atoms with van der Waals surface area (Å²) in [4.78, 5) is 12.2. The number of alkyl halides is 3. The van der Waals surface area contributed by atoms with Crippen LogP contribution in [0.5, 0.6) is 5.75 Å². The zero-order valence-electron chi connectivity index (χ0n) is 13.3. The lowest BCUT2D eigenvalue weighted by molar-refractivity contribution is -0.140. The number of amides is 1. The standard InChI is InChI=1S/C16H21F3N2O2.ClH/c1-10(15(22)21-13-7-4-5-11(13)9-20)23-14-8-3-2-6-12(14)16(17,18)19;/h2-3,6,8,10-11,13H,4-5,7,9,20H2,1H3,(H,21,22);1H. The van der Waals surface area contributed by atoms with E-state index in [1.807, 2.05) is 0 Å². The minimum Gasteiger partial charge on any atom is -0.480 e. The third-order valence-corrected chi connectivity index (χ3v) is 4.15. The number of nitrogens with one attached hydrogen (secondary N) is 1. The van der Waals surface area contributed by atoms with Crippen LogP contribution in [0.15, 0.2) is 24.3 Å². The van der Waals surface area contributed by atoms with Crippen LogP contribution >= 0.6 is 12.4 Å². The molecule has 2 rings (SSSR count). The van der Waals surface area contributed by atoms with Crippen LogP contribution in [0.4, 0.5) is 13.2 Å². The minimum absolute atomic E-state index is 0. The van der Waals surface area contributed by atoms with Gasteiger partial charge in [-0.25, -0.2) is 0 Å². The van der Waals surface area contributed by atoms with Crippen LogP contribution < -0.4 is 15.8 Å². The molecule has 1 saturated carbocycles. The highest BCUT2D eigenvalue weighted by Gasteiger charge is 2.35. The molecule has 4 nitrogen and oxygen atoms in total. The van der Waals surface area contributed by atoms with Gasteiger partial charge in [0.15, 0.2) is 6.10 Å². The summed E-state index contributed by atoms with van der Waals surface area (Å²) >= 11 is 0. The Hall–Kier alpha value is -1.47. The molecule has 0 aromatic heterocycles. The van der Waals surface area contributed by atoms with Gasteiger partial charge < -0.3 is 15.8 Å². The predicted molar refractivity (Wildman–Crippen MR) is 87.1 cm³/mol. The monoisotopic (exact) mass is 366 g/mol. The van der Waals surface area contributed by atoms with Gasteiger partial charge in [0.25, 0.3) is 5.91 Å². The van der Waals surface area contributed by atoms with Gasteiger partial charge in [-0.15, -0.1) is 12.4 Å². The normalized spacial score (nSPS) is 21.7. The van der Waals surface area contributed by atoms with Crippen LogP contribution in [0, 0.1) is 5.92 Å². The van der Waals surface area contributed by atoms with E-state index in [4.69, 9.17) is 10.5 Å². The zero-order valence-corrected chi connectivity index (χ0v) is 14.1. The Morgan fingerprint density at radius 2 is 2.04 bits per heavy atom. The van der Waals surface area contributed by atoms with Gasteiger partial charge in [0, 0.05) is 6.04 Å². The number of carbonyl (C=O) groups excluding carboxylic acids is 1. The molecule has 1 aliphatic rings. The average molecular weight is 367 g/mol. The van der Waals surface area contributed by atoms with Gasteiger partial charge in [-0.1, -0.05) is 18.6 Å². The highest BCUT2D eigenvalue weighted by Crippen LogP contribution is 2.36. The largest absolute Gasteiger partial charge is 0.480 e. The van der Waals surface area contributed by atoms with Crippen molar-refractivity contribution in [2.24, 2.45) is 11.7 Å². The van der Waals surface area contributed by atoms with Gasteiger partial charge in [-0.2, -0.15) is 13.2 Å². The number of halogens is 4. The van der Waals surface area contributed by atoms with Crippen LogP contribution in [-0.2, 0) is 11.0 Å². The SMILES string of the molecule is CC(Oc1ccccc1C(F)(F)F)C(=O)NC1CCCC1CN.Cl. The third-order valence-electron chi connectivity index (χ3n) is 4.15. The molecule has 0 heterocycles. The Morgan fingerprint density at radius 1 is 1.38 bits per heavy atom. The highest BCUT2D eigenvalue weighted by atomic mass is 35.5. The fourth-order valence-electron chi connectivity index (χ4n) is 2.86. The van der Waals surface area contributed by atoms with E-state index in [9.17, 15) is 18.0 Å². The van der Waals surface area contributed by atoms with Gasteiger partial charge in [-0.05, 0) is 44.4 Å². The molecular weight excluding hydrogens is 345 g/mol. The van der Waals surface area contributed by atoms with Crippen LogP contribution in [-0.4, -0.2) is 24.6 Å². The second kappa shape index (κ2) is 8.58. The first kappa shape index (κ1) is 20.6. The second-order valence-electron chi connectivity index (χ2n) is 5.80. The lowest BCUT2D eigenvalue weighted by Gasteiger charge is -2.23. The Morgan fingerprint density at radius 3 is 2.67 bits per heavy atom. The smallest absolute Gasteiger partial charge is 0.419 e. The summed E-state index contributed by atoms with van der Waals surface area (Å²) < 4.78 is 44.0. The number of para-hydroxylation sites is 1. The van der Waals surface area contributed by atoms with Crippen molar-refractivity contribution in [3.05, 3.63) is 29.8 Å². The molecule has 3 unspecified atom stereocenters. The summed E-state index contributed by atoms with van der Waals surface area (Å²) in [6.07, 6.45) is -2.77. The van der Waals surface area contributed by atoms with E-state index < -0.39 is 23.8 Å². The second-order valence-corrected chi connectivity index (χ2v) is 5.80. The summed E-state index contributed by atoms with van der Waals surface area (Å²) in [7, 11) is 0. The quantitative estimate of drug-likeness (QED) is 0.841. The Balaban J connectivity index is 0.00000288. The van der Waals surface area contributed by atoms with Crippen molar-refractivity contribution in [2.45, 2.75) is 44.5 Å². The minimum atomic E-state index is -4.52. The van der Waals surface area contributed by atoms with Crippen molar-refractivity contribution < 1.29 is 22.7 Å². The van der Waals surface area contributed by atoms with Crippen LogP contribution in [0.1, 0.15) is 31.7 Å². The fourth-order valence-corrected chi connectivity index (χ4v) is 2.86. The van der Waals surface area contributed by atoms with E-state index in [0.29, 0.717) is 6.54 Å². The molecule has 1 amide bonds. The number of ether oxygens (including phenoxy) is 1. The number of benzene rings is 1. The molecule has 3 N–H and O–H groups in total. The van der Waals surface area contributed by atoms with Gasteiger partial charge in [0.2, 0.25) is 0 Å². The van der Waals surface area contributed by atoms with Crippen LogP contribution in [0.25, 0.3) is 0 Å².